The van der Waals surface area contributed by atoms with E-state index in [1.54, 1.807) is 6.92 Å². The Bertz CT molecular complexity index is 474. The molecule has 150 valence electrons. The number of aliphatic hydroxyl groups is 3. The molecule has 1 rings (SSSR count). The van der Waals surface area contributed by atoms with Crippen molar-refractivity contribution in [2.75, 3.05) is 13.2 Å². The molecule has 0 aromatic heterocycles. The average molecular weight is 370 g/mol. The minimum absolute atomic E-state index is 0.115. The van der Waals surface area contributed by atoms with Gasteiger partial charge in [-0.2, -0.15) is 0 Å². The maximum Gasteiger partial charge on any atom is 0.338 e. The van der Waals surface area contributed by atoms with Crippen LogP contribution in [0.1, 0.15) is 63.2 Å². The number of benzene rings is 1. The number of rotatable bonds is 10. The molecule has 6 nitrogen and oxygen atoms in total. The Morgan fingerprint density at radius 3 is 2.15 bits per heavy atom. The van der Waals surface area contributed by atoms with Gasteiger partial charge in [-0.15, -0.1) is 0 Å². The molecule has 0 saturated heterocycles. The fourth-order valence-corrected chi connectivity index (χ4v) is 2.51. The standard InChI is InChI=1S/C11H24O3.C9H10O3/c1-3-5-6-7-9(4-2)11(14)10(13)8-12;1-2-12-9(11)7-3-5-8(10)6-4-7/h9-14H,3-8H2,1-2H3;3-6,10H,2H2,1H3. The van der Waals surface area contributed by atoms with Crippen molar-refractivity contribution < 1.29 is 30.0 Å². The number of carbonyl (C=O) groups excluding carboxylic acids is 1. The molecule has 0 spiro atoms. The summed E-state index contributed by atoms with van der Waals surface area (Å²) >= 11 is 0. The number of ether oxygens (including phenoxy) is 1. The third-order valence-electron chi connectivity index (χ3n) is 4.15. The zero-order valence-electron chi connectivity index (χ0n) is 16.1. The van der Waals surface area contributed by atoms with E-state index in [0.717, 1.165) is 25.7 Å². The highest BCUT2D eigenvalue weighted by molar-refractivity contribution is 5.89. The highest BCUT2D eigenvalue weighted by Crippen LogP contribution is 2.19. The first kappa shape index (κ1) is 24.4. The molecule has 0 fully saturated rings. The van der Waals surface area contributed by atoms with Crippen LogP contribution in [0.15, 0.2) is 24.3 Å². The van der Waals surface area contributed by atoms with Crippen molar-refractivity contribution in [1.82, 2.24) is 0 Å². The summed E-state index contributed by atoms with van der Waals surface area (Å²) < 4.78 is 4.75. The summed E-state index contributed by atoms with van der Waals surface area (Å²) in [6.45, 7) is 5.90. The number of aromatic hydroxyl groups is 1. The number of aliphatic hydroxyl groups excluding tert-OH is 3. The average Bonchev–Trinajstić information content (AvgIpc) is 2.65. The van der Waals surface area contributed by atoms with E-state index < -0.39 is 12.2 Å². The second kappa shape index (κ2) is 14.5. The third-order valence-corrected chi connectivity index (χ3v) is 4.15. The van der Waals surface area contributed by atoms with E-state index >= 15 is 0 Å². The molecule has 0 bridgehead atoms. The molecule has 0 amide bonds. The van der Waals surface area contributed by atoms with Crippen molar-refractivity contribution >= 4 is 5.97 Å². The van der Waals surface area contributed by atoms with Gasteiger partial charge in [-0.25, -0.2) is 4.79 Å². The van der Waals surface area contributed by atoms with Crippen molar-refractivity contribution in [2.45, 2.75) is 65.1 Å². The summed E-state index contributed by atoms with van der Waals surface area (Å²) in [5.74, 6) is -0.107. The molecule has 3 unspecified atom stereocenters. The summed E-state index contributed by atoms with van der Waals surface area (Å²) in [4.78, 5) is 11.1. The molecule has 0 aliphatic heterocycles. The van der Waals surface area contributed by atoms with E-state index in [4.69, 9.17) is 14.9 Å². The molecule has 1 aromatic carbocycles. The van der Waals surface area contributed by atoms with Crippen LogP contribution >= 0.6 is 0 Å². The lowest BCUT2D eigenvalue weighted by Crippen LogP contribution is -2.35. The molecule has 0 saturated carbocycles. The Balaban J connectivity index is 0.000000485. The molecule has 1 aromatic rings. The highest BCUT2D eigenvalue weighted by atomic mass is 16.5. The van der Waals surface area contributed by atoms with Crippen molar-refractivity contribution in [1.29, 1.82) is 0 Å². The number of hydrogen-bond donors (Lipinski definition) is 4. The van der Waals surface area contributed by atoms with Gasteiger partial charge in [0, 0.05) is 0 Å². The lowest BCUT2D eigenvalue weighted by molar-refractivity contribution is -0.0461. The molecule has 0 heterocycles. The summed E-state index contributed by atoms with van der Waals surface area (Å²) in [5.41, 5.74) is 0.453. The summed E-state index contributed by atoms with van der Waals surface area (Å²) in [5, 5.41) is 36.6. The number of carbonyl (C=O) groups is 1. The SMILES string of the molecule is CCCCCC(CC)C(O)C(O)CO.CCOC(=O)c1ccc(O)cc1. The second-order valence-corrected chi connectivity index (χ2v) is 6.17. The lowest BCUT2D eigenvalue weighted by Gasteiger charge is -2.24. The van der Waals surface area contributed by atoms with Crippen LogP contribution in [0.3, 0.4) is 0 Å². The van der Waals surface area contributed by atoms with Crippen LogP contribution < -0.4 is 0 Å². The van der Waals surface area contributed by atoms with E-state index in [9.17, 15) is 15.0 Å². The largest absolute Gasteiger partial charge is 0.508 e. The van der Waals surface area contributed by atoms with Gasteiger partial charge >= 0.3 is 5.97 Å². The molecule has 3 atom stereocenters. The Labute approximate surface area is 156 Å². The molecule has 0 aliphatic carbocycles. The molecular formula is C20H34O6. The van der Waals surface area contributed by atoms with Gasteiger partial charge in [0.05, 0.1) is 24.9 Å². The van der Waals surface area contributed by atoms with E-state index in [1.165, 1.54) is 30.7 Å². The summed E-state index contributed by atoms with van der Waals surface area (Å²) in [6.07, 6.45) is 3.44. The van der Waals surface area contributed by atoms with Crippen LogP contribution in [0.25, 0.3) is 0 Å². The molecule has 0 radical (unpaired) electrons. The third kappa shape index (κ3) is 9.75. The molecular weight excluding hydrogens is 336 g/mol. The van der Waals surface area contributed by atoms with Crippen molar-refractivity contribution in [3.63, 3.8) is 0 Å². The van der Waals surface area contributed by atoms with Gasteiger partial charge in [0.2, 0.25) is 0 Å². The Morgan fingerprint density at radius 1 is 1.08 bits per heavy atom. The van der Waals surface area contributed by atoms with Gasteiger partial charge in [0.1, 0.15) is 11.9 Å². The lowest BCUT2D eigenvalue weighted by atomic mass is 9.90. The van der Waals surface area contributed by atoms with Crippen LogP contribution in [-0.2, 0) is 4.74 Å². The Kier molecular flexibility index (Phi) is 13.6. The van der Waals surface area contributed by atoms with Crippen molar-refractivity contribution in [2.24, 2.45) is 5.92 Å². The fraction of sp³-hybridized carbons (Fsp3) is 0.650. The van der Waals surface area contributed by atoms with Crippen molar-refractivity contribution in [3.05, 3.63) is 29.8 Å². The molecule has 6 heteroatoms. The fourth-order valence-electron chi connectivity index (χ4n) is 2.51. The maximum atomic E-state index is 11.1. The zero-order chi connectivity index (χ0) is 19.9. The normalized spacial score (nSPS) is 13.9. The first-order valence-electron chi connectivity index (χ1n) is 9.34. The number of phenolic OH excluding ortho intramolecular Hbond substituents is 1. The van der Waals surface area contributed by atoms with E-state index in [0.29, 0.717) is 12.2 Å². The van der Waals surface area contributed by atoms with E-state index in [2.05, 4.69) is 6.92 Å². The monoisotopic (exact) mass is 370 g/mol. The number of unbranched alkanes of at least 4 members (excludes halogenated alkanes) is 2. The minimum atomic E-state index is -0.985. The molecule has 0 aliphatic rings. The van der Waals surface area contributed by atoms with Gasteiger partial charge in [-0.3, -0.25) is 0 Å². The molecule has 4 N–H and O–H groups in total. The van der Waals surface area contributed by atoms with Crippen LogP contribution in [0.5, 0.6) is 5.75 Å². The number of phenols is 1. The number of hydrogen-bond acceptors (Lipinski definition) is 6. The second-order valence-electron chi connectivity index (χ2n) is 6.17. The van der Waals surface area contributed by atoms with E-state index in [1.807, 2.05) is 6.92 Å². The smallest absolute Gasteiger partial charge is 0.338 e. The van der Waals surface area contributed by atoms with Crippen LogP contribution in [-0.4, -0.2) is 51.8 Å². The minimum Gasteiger partial charge on any atom is -0.508 e. The molecule has 26 heavy (non-hydrogen) atoms. The van der Waals surface area contributed by atoms with Crippen LogP contribution in [0.2, 0.25) is 0 Å². The zero-order valence-corrected chi connectivity index (χ0v) is 16.1. The van der Waals surface area contributed by atoms with Crippen LogP contribution in [0.4, 0.5) is 0 Å². The predicted octanol–water partition coefficient (Wildman–Crippen LogP) is 2.88. The Morgan fingerprint density at radius 2 is 1.69 bits per heavy atom. The van der Waals surface area contributed by atoms with Gasteiger partial charge in [0.15, 0.2) is 0 Å². The van der Waals surface area contributed by atoms with Crippen LogP contribution in [0, 0.1) is 5.92 Å². The first-order valence-corrected chi connectivity index (χ1v) is 9.34. The predicted molar refractivity (Wildman–Crippen MR) is 101 cm³/mol. The van der Waals surface area contributed by atoms with Gasteiger partial charge < -0.3 is 25.2 Å². The highest BCUT2D eigenvalue weighted by Gasteiger charge is 2.23. The first-order chi connectivity index (χ1) is 12.4. The van der Waals surface area contributed by atoms with Crippen molar-refractivity contribution in [3.8, 4) is 5.75 Å². The topological polar surface area (TPSA) is 107 Å². The Hall–Kier alpha value is -1.63. The summed E-state index contributed by atoms with van der Waals surface area (Å²) in [6, 6.07) is 5.94. The summed E-state index contributed by atoms with van der Waals surface area (Å²) in [7, 11) is 0. The number of esters is 1. The maximum absolute atomic E-state index is 11.1. The quantitative estimate of drug-likeness (QED) is 0.373. The van der Waals surface area contributed by atoms with Gasteiger partial charge in [-0.05, 0) is 43.5 Å². The van der Waals surface area contributed by atoms with Gasteiger partial charge in [-0.1, -0.05) is 39.5 Å². The van der Waals surface area contributed by atoms with E-state index in [-0.39, 0.29) is 24.2 Å². The van der Waals surface area contributed by atoms with Gasteiger partial charge in [0.25, 0.3) is 0 Å².